The molecule has 9 heteroatoms. The number of hydrogen-bond acceptors (Lipinski definition) is 5. The van der Waals surface area contributed by atoms with E-state index in [0.717, 1.165) is 12.0 Å². The number of carbonyl (C=O) groups is 3. The molecule has 2 aromatic carbocycles. The van der Waals surface area contributed by atoms with E-state index in [1.54, 1.807) is 36.0 Å². The van der Waals surface area contributed by atoms with Crippen LogP contribution in [0.2, 0.25) is 5.02 Å². The Morgan fingerprint density at radius 2 is 1.85 bits per heavy atom. The molecule has 3 saturated heterocycles. The first-order chi connectivity index (χ1) is 16.4. The number of likely N-dealkylation sites (tertiary alicyclic amines) is 1. The molecule has 5 atom stereocenters. The monoisotopic (exact) mass is 499 g/mol. The van der Waals surface area contributed by atoms with Crippen molar-refractivity contribution in [3.8, 4) is 0 Å². The lowest BCUT2D eigenvalue weighted by Gasteiger charge is -2.34. The number of aliphatic hydroxyl groups is 1. The molecule has 34 heavy (non-hydrogen) atoms. The Hall–Kier alpha value is -2.55. The third kappa shape index (κ3) is 3.87. The molecule has 0 saturated carbocycles. The average molecular weight is 500 g/mol. The fourth-order valence-corrected chi connectivity index (χ4v) is 8.09. The number of anilines is 1. The summed E-state index contributed by atoms with van der Waals surface area (Å²) < 4.78 is -0.678. The van der Waals surface area contributed by atoms with Crippen molar-refractivity contribution in [2.24, 2.45) is 11.8 Å². The summed E-state index contributed by atoms with van der Waals surface area (Å²) >= 11 is 7.56. The van der Waals surface area contributed by atoms with Crippen LogP contribution in [-0.4, -0.2) is 56.9 Å². The summed E-state index contributed by atoms with van der Waals surface area (Å²) in [6, 6.07) is 15.7. The van der Waals surface area contributed by atoms with Gasteiger partial charge in [0.25, 0.3) is 0 Å². The standard InChI is InChI=1S/C25H26ClN3O4S/c26-16-6-8-17(9-7-16)28-23(32)21-25-11-10-18(34-25)19(20(25)24(33)29(21)12-13-30)22(31)27-14-15-4-2-1-3-5-15/h1-9,18-21,30H,10-14H2,(H,27,31)(H,28,32)/t18-,19+,20-,21?,25?/m0/s1. The van der Waals surface area contributed by atoms with E-state index in [1.807, 2.05) is 30.3 Å². The lowest BCUT2D eigenvalue weighted by atomic mass is 9.70. The second-order valence-electron chi connectivity index (χ2n) is 9.01. The van der Waals surface area contributed by atoms with Gasteiger partial charge >= 0.3 is 0 Å². The molecule has 3 N–H and O–H groups in total. The van der Waals surface area contributed by atoms with E-state index in [-0.39, 0.29) is 36.1 Å². The summed E-state index contributed by atoms with van der Waals surface area (Å²) in [6.45, 7) is 0.194. The molecule has 2 bridgehead atoms. The Bertz CT molecular complexity index is 1100. The molecule has 5 rings (SSSR count). The van der Waals surface area contributed by atoms with Gasteiger partial charge in [-0.25, -0.2) is 0 Å². The number of halogens is 1. The van der Waals surface area contributed by atoms with Crippen LogP contribution in [0.4, 0.5) is 5.69 Å². The zero-order valence-corrected chi connectivity index (χ0v) is 20.0. The van der Waals surface area contributed by atoms with Crippen molar-refractivity contribution in [3.05, 3.63) is 65.2 Å². The van der Waals surface area contributed by atoms with Crippen molar-refractivity contribution in [1.82, 2.24) is 10.2 Å². The Labute approximate surface area is 207 Å². The molecule has 0 aliphatic carbocycles. The van der Waals surface area contributed by atoms with E-state index in [0.29, 0.717) is 23.7 Å². The molecule has 3 fully saturated rings. The lowest BCUT2D eigenvalue weighted by Crippen LogP contribution is -2.52. The number of amides is 3. The van der Waals surface area contributed by atoms with Crippen molar-refractivity contribution >= 4 is 46.8 Å². The minimum Gasteiger partial charge on any atom is -0.395 e. The summed E-state index contributed by atoms with van der Waals surface area (Å²) in [7, 11) is 0. The van der Waals surface area contributed by atoms with E-state index in [9.17, 15) is 19.5 Å². The van der Waals surface area contributed by atoms with Crippen LogP contribution in [0.5, 0.6) is 0 Å². The van der Waals surface area contributed by atoms with Crippen LogP contribution in [0.15, 0.2) is 54.6 Å². The van der Waals surface area contributed by atoms with Crippen LogP contribution >= 0.6 is 23.4 Å². The van der Waals surface area contributed by atoms with E-state index in [1.165, 1.54) is 4.90 Å². The zero-order chi connectivity index (χ0) is 23.9. The minimum atomic E-state index is -0.755. The topological polar surface area (TPSA) is 98.7 Å². The highest BCUT2D eigenvalue weighted by Gasteiger charge is 2.73. The first kappa shape index (κ1) is 23.2. The van der Waals surface area contributed by atoms with Crippen molar-refractivity contribution in [2.75, 3.05) is 18.5 Å². The maximum absolute atomic E-state index is 13.6. The number of carbonyl (C=O) groups excluding carboxylic acids is 3. The van der Waals surface area contributed by atoms with Crippen LogP contribution in [0.25, 0.3) is 0 Å². The van der Waals surface area contributed by atoms with Crippen molar-refractivity contribution in [3.63, 3.8) is 0 Å². The van der Waals surface area contributed by atoms with E-state index in [4.69, 9.17) is 11.6 Å². The first-order valence-corrected chi connectivity index (χ1v) is 12.7. The van der Waals surface area contributed by atoms with Crippen LogP contribution in [0.1, 0.15) is 18.4 Å². The molecular formula is C25H26ClN3O4S. The van der Waals surface area contributed by atoms with E-state index in [2.05, 4.69) is 10.6 Å². The molecule has 3 heterocycles. The van der Waals surface area contributed by atoms with Gasteiger partial charge < -0.3 is 20.6 Å². The maximum atomic E-state index is 13.6. The maximum Gasteiger partial charge on any atom is 0.248 e. The Morgan fingerprint density at radius 1 is 1.12 bits per heavy atom. The number of hydrogen-bond donors (Lipinski definition) is 3. The SMILES string of the molecule is O=C(Nc1ccc(Cl)cc1)C1N(CCO)C(=O)[C@@H]2[C@H](C(=O)NCc3ccccc3)[C@@H]3CCC12S3. The molecule has 0 aromatic heterocycles. The average Bonchev–Trinajstić information content (AvgIpc) is 3.48. The highest BCUT2D eigenvalue weighted by Crippen LogP contribution is 2.66. The van der Waals surface area contributed by atoms with Gasteiger partial charge in [-0.15, -0.1) is 11.8 Å². The number of nitrogens with one attached hydrogen (secondary N) is 2. The predicted molar refractivity (Wildman–Crippen MR) is 131 cm³/mol. The highest BCUT2D eigenvalue weighted by atomic mass is 35.5. The molecule has 2 unspecified atom stereocenters. The number of fused-ring (bicyclic) bond motifs is 1. The second-order valence-corrected chi connectivity index (χ2v) is 11.0. The van der Waals surface area contributed by atoms with E-state index < -0.39 is 22.6 Å². The second kappa shape index (κ2) is 9.24. The third-order valence-electron chi connectivity index (χ3n) is 7.11. The summed E-state index contributed by atoms with van der Waals surface area (Å²) in [4.78, 5) is 41.9. The van der Waals surface area contributed by atoms with Crippen LogP contribution in [0.3, 0.4) is 0 Å². The van der Waals surface area contributed by atoms with Gasteiger partial charge in [-0.05, 0) is 42.7 Å². The largest absolute Gasteiger partial charge is 0.395 e. The molecule has 3 aliphatic rings. The number of benzene rings is 2. The predicted octanol–water partition coefficient (Wildman–Crippen LogP) is 2.68. The lowest BCUT2D eigenvalue weighted by molar-refractivity contribution is -0.139. The summed E-state index contributed by atoms with van der Waals surface area (Å²) in [6.07, 6.45) is 1.46. The molecule has 3 aliphatic heterocycles. The van der Waals surface area contributed by atoms with E-state index >= 15 is 0 Å². The molecule has 178 valence electrons. The van der Waals surface area contributed by atoms with Gasteiger partial charge in [0, 0.05) is 29.0 Å². The van der Waals surface area contributed by atoms with Gasteiger partial charge in [0.2, 0.25) is 17.7 Å². The first-order valence-electron chi connectivity index (χ1n) is 11.4. The van der Waals surface area contributed by atoms with Gasteiger partial charge in [-0.2, -0.15) is 0 Å². The molecule has 1 spiro atoms. The molecule has 2 aromatic rings. The fraction of sp³-hybridized carbons (Fsp3) is 0.400. The van der Waals surface area contributed by atoms with Crippen molar-refractivity contribution < 1.29 is 19.5 Å². The number of thioether (sulfide) groups is 1. The van der Waals surface area contributed by atoms with Gasteiger partial charge in [-0.3, -0.25) is 14.4 Å². The van der Waals surface area contributed by atoms with Gasteiger partial charge in [0.1, 0.15) is 6.04 Å². The number of β-amino-alcohol motifs (C(OH)–C–C–N with tert-alkyl or cyclic N) is 1. The number of rotatable bonds is 7. The quantitative estimate of drug-likeness (QED) is 0.544. The van der Waals surface area contributed by atoms with Crippen LogP contribution in [0, 0.1) is 11.8 Å². The number of nitrogens with zero attached hydrogens (tertiary/aromatic N) is 1. The van der Waals surface area contributed by atoms with Gasteiger partial charge in [-0.1, -0.05) is 41.9 Å². The molecular weight excluding hydrogens is 474 g/mol. The highest BCUT2D eigenvalue weighted by molar-refractivity contribution is 8.02. The molecule has 3 amide bonds. The zero-order valence-electron chi connectivity index (χ0n) is 18.4. The summed E-state index contributed by atoms with van der Waals surface area (Å²) in [5.74, 6) is -1.75. The van der Waals surface area contributed by atoms with Crippen molar-refractivity contribution in [2.45, 2.75) is 35.4 Å². The molecule has 7 nitrogen and oxygen atoms in total. The van der Waals surface area contributed by atoms with Crippen LogP contribution < -0.4 is 10.6 Å². The van der Waals surface area contributed by atoms with Gasteiger partial charge in [0.15, 0.2) is 0 Å². The smallest absolute Gasteiger partial charge is 0.248 e. The molecule has 0 radical (unpaired) electrons. The fourth-order valence-electron chi connectivity index (χ4n) is 5.75. The normalized spacial score (nSPS) is 29.2. The third-order valence-corrected chi connectivity index (χ3v) is 9.32. The Kier molecular flexibility index (Phi) is 6.31. The summed E-state index contributed by atoms with van der Waals surface area (Å²) in [5, 5.41) is 16.1. The summed E-state index contributed by atoms with van der Waals surface area (Å²) in [5.41, 5.74) is 1.57. The Balaban J connectivity index is 1.40. The van der Waals surface area contributed by atoms with Crippen molar-refractivity contribution in [1.29, 1.82) is 0 Å². The Morgan fingerprint density at radius 3 is 2.56 bits per heavy atom. The van der Waals surface area contributed by atoms with Crippen LogP contribution in [-0.2, 0) is 20.9 Å². The minimum absolute atomic E-state index is 0.00756. The number of aliphatic hydroxyl groups excluding tert-OH is 1. The van der Waals surface area contributed by atoms with Gasteiger partial charge in [0.05, 0.1) is 23.2 Å².